The highest BCUT2D eigenvalue weighted by atomic mass is 32.1. The van der Waals surface area contributed by atoms with E-state index in [0.717, 1.165) is 12.3 Å². The van der Waals surface area contributed by atoms with Crippen LogP contribution in [0, 0.1) is 6.57 Å². The van der Waals surface area contributed by atoms with Crippen molar-refractivity contribution in [2.45, 2.75) is 12.7 Å². The summed E-state index contributed by atoms with van der Waals surface area (Å²) in [5.41, 5.74) is 0.0747. The molecule has 0 aliphatic carbocycles. The number of halogens is 3. The van der Waals surface area contributed by atoms with E-state index < -0.39 is 11.7 Å². The molecule has 0 unspecified atom stereocenters. The van der Waals surface area contributed by atoms with Crippen molar-refractivity contribution in [3.05, 3.63) is 45.7 Å². The van der Waals surface area contributed by atoms with Gasteiger partial charge in [-0.25, -0.2) is 11.6 Å². The molecule has 92 valence electrons. The molecule has 0 amide bonds. The van der Waals surface area contributed by atoms with Crippen LogP contribution in [0.3, 0.4) is 0 Å². The maximum Gasteiger partial charge on any atom is 0.417 e. The molecule has 0 saturated carbocycles. The monoisotopic (exact) mass is 269 g/mol. The molecule has 0 bridgehead atoms. The zero-order valence-electron chi connectivity index (χ0n) is 8.90. The Hall–Kier alpha value is -1.94. The number of alkyl halides is 3. The van der Waals surface area contributed by atoms with Gasteiger partial charge in [0.2, 0.25) is 0 Å². The fraction of sp³-hybridized carbons (Fsp3) is 0.182. The highest BCUT2D eigenvalue weighted by molar-refractivity contribution is 7.09. The van der Waals surface area contributed by atoms with Crippen LogP contribution in [0.15, 0.2) is 23.7 Å². The van der Waals surface area contributed by atoms with E-state index >= 15 is 0 Å². The van der Waals surface area contributed by atoms with Crippen LogP contribution in [0.2, 0.25) is 0 Å². The maximum atomic E-state index is 12.3. The van der Waals surface area contributed by atoms with Crippen LogP contribution in [0.4, 0.5) is 13.2 Å². The molecule has 0 radical (unpaired) electrons. The van der Waals surface area contributed by atoms with Crippen molar-refractivity contribution < 1.29 is 13.2 Å². The zero-order chi connectivity index (χ0) is 13.2. The SMILES string of the molecule is [C-]#[N+]Cc1nc(-c2ccc(C(F)(F)F)cn2)cs1. The minimum atomic E-state index is -4.39. The summed E-state index contributed by atoms with van der Waals surface area (Å²) in [4.78, 5) is 11.0. The second-order valence-corrected chi connectivity index (χ2v) is 4.32. The molecule has 0 fully saturated rings. The van der Waals surface area contributed by atoms with E-state index in [-0.39, 0.29) is 6.54 Å². The molecule has 2 aromatic heterocycles. The first-order valence-corrected chi connectivity index (χ1v) is 5.70. The summed E-state index contributed by atoms with van der Waals surface area (Å²) in [6.07, 6.45) is -3.61. The Balaban J connectivity index is 2.26. The Morgan fingerprint density at radius 1 is 1.28 bits per heavy atom. The average molecular weight is 269 g/mol. The maximum absolute atomic E-state index is 12.3. The molecule has 2 rings (SSSR count). The van der Waals surface area contributed by atoms with Crippen LogP contribution < -0.4 is 0 Å². The largest absolute Gasteiger partial charge is 0.417 e. The first kappa shape index (κ1) is 12.5. The van der Waals surface area contributed by atoms with Gasteiger partial charge in [-0.15, -0.1) is 11.3 Å². The van der Waals surface area contributed by atoms with Gasteiger partial charge in [0.25, 0.3) is 6.54 Å². The smallest absolute Gasteiger partial charge is 0.309 e. The van der Waals surface area contributed by atoms with Gasteiger partial charge in [-0.3, -0.25) is 4.98 Å². The average Bonchev–Trinajstić information content (AvgIpc) is 2.77. The summed E-state index contributed by atoms with van der Waals surface area (Å²) in [5.74, 6) is 0. The normalized spacial score (nSPS) is 11.2. The van der Waals surface area contributed by atoms with Crippen LogP contribution in [0.1, 0.15) is 10.6 Å². The highest BCUT2D eigenvalue weighted by Gasteiger charge is 2.30. The number of rotatable bonds is 2. The molecule has 2 heterocycles. The summed E-state index contributed by atoms with van der Waals surface area (Å²) in [5, 5.41) is 2.30. The van der Waals surface area contributed by atoms with E-state index in [9.17, 15) is 13.2 Å². The van der Waals surface area contributed by atoms with Crippen molar-refractivity contribution in [1.82, 2.24) is 9.97 Å². The van der Waals surface area contributed by atoms with Crippen LogP contribution in [-0.2, 0) is 12.7 Å². The Morgan fingerprint density at radius 2 is 2.06 bits per heavy atom. The lowest BCUT2D eigenvalue weighted by Gasteiger charge is -2.05. The fourth-order valence-corrected chi connectivity index (χ4v) is 1.99. The number of aromatic nitrogens is 2. The predicted octanol–water partition coefficient (Wildman–Crippen LogP) is 3.64. The molecule has 3 nitrogen and oxygen atoms in total. The third kappa shape index (κ3) is 2.65. The molecule has 0 aliphatic rings. The van der Waals surface area contributed by atoms with Gasteiger partial charge in [-0.2, -0.15) is 13.2 Å². The van der Waals surface area contributed by atoms with Gasteiger partial charge in [-0.1, -0.05) is 0 Å². The van der Waals surface area contributed by atoms with Crippen LogP contribution in [0.25, 0.3) is 16.2 Å². The van der Waals surface area contributed by atoms with Crippen molar-refractivity contribution in [3.63, 3.8) is 0 Å². The molecule has 7 heteroatoms. The second kappa shape index (κ2) is 4.74. The van der Waals surface area contributed by atoms with Gasteiger partial charge >= 0.3 is 6.18 Å². The molecule has 18 heavy (non-hydrogen) atoms. The number of hydrogen-bond acceptors (Lipinski definition) is 3. The lowest BCUT2D eigenvalue weighted by atomic mass is 10.2. The van der Waals surface area contributed by atoms with Crippen LogP contribution in [-0.4, -0.2) is 9.97 Å². The van der Waals surface area contributed by atoms with Gasteiger partial charge in [0.05, 0.1) is 11.3 Å². The standard InChI is InChI=1S/C11H6F3N3S/c1-15-5-10-17-9(6-18-10)8-3-2-7(4-16-8)11(12,13)14/h2-4,6H,5H2. The van der Waals surface area contributed by atoms with Gasteiger partial charge < -0.3 is 4.85 Å². The predicted molar refractivity (Wildman–Crippen MR) is 60.7 cm³/mol. The van der Waals surface area contributed by atoms with Crippen LogP contribution >= 0.6 is 11.3 Å². The summed E-state index contributed by atoms with van der Waals surface area (Å²) in [6, 6.07) is 2.25. The fourth-order valence-electron chi connectivity index (χ4n) is 1.28. The summed E-state index contributed by atoms with van der Waals surface area (Å²) < 4.78 is 37.0. The molecule has 0 atom stereocenters. The van der Waals surface area contributed by atoms with E-state index in [1.165, 1.54) is 17.4 Å². The number of pyridine rings is 1. The zero-order valence-corrected chi connectivity index (χ0v) is 9.72. The van der Waals surface area contributed by atoms with Crippen LogP contribution in [0.5, 0.6) is 0 Å². The second-order valence-electron chi connectivity index (χ2n) is 3.37. The van der Waals surface area contributed by atoms with Crippen molar-refractivity contribution in [3.8, 4) is 11.4 Å². The van der Waals surface area contributed by atoms with Gasteiger partial charge in [0.1, 0.15) is 5.69 Å². The topological polar surface area (TPSA) is 30.1 Å². The van der Waals surface area contributed by atoms with Gasteiger partial charge in [0, 0.05) is 11.6 Å². The minimum Gasteiger partial charge on any atom is -0.309 e. The molecule has 0 saturated heterocycles. The summed E-state index contributed by atoms with van der Waals surface area (Å²) >= 11 is 1.29. The Labute approximate surface area is 105 Å². The molecular weight excluding hydrogens is 263 g/mol. The first-order chi connectivity index (χ1) is 8.50. The van der Waals surface area contributed by atoms with Crippen molar-refractivity contribution in [2.24, 2.45) is 0 Å². The molecule has 0 spiro atoms. The highest BCUT2D eigenvalue weighted by Crippen LogP contribution is 2.29. The Bertz CT molecular complexity index is 581. The molecular formula is C11H6F3N3S. The lowest BCUT2D eigenvalue weighted by Crippen LogP contribution is -2.05. The Kier molecular flexibility index (Phi) is 3.30. The number of thiazole rings is 1. The van der Waals surface area contributed by atoms with Crippen molar-refractivity contribution in [1.29, 1.82) is 0 Å². The molecule has 0 N–H and O–H groups in total. The van der Waals surface area contributed by atoms with Crippen molar-refractivity contribution >= 4 is 11.3 Å². The number of nitrogens with zero attached hydrogens (tertiary/aromatic N) is 3. The van der Waals surface area contributed by atoms with Gasteiger partial charge in [-0.05, 0) is 12.1 Å². The quantitative estimate of drug-likeness (QED) is 0.779. The molecule has 0 aliphatic heterocycles. The van der Waals surface area contributed by atoms with Crippen molar-refractivity contribution in [2.75, 3.05) is 0 Å². The Morgan fingerprint density at radius 3 is 2.61 bits per heavy atom. The van der Waals surface area contributed by atoms with E-state index in [4.69, 9.17) is 6.57 Å². The summed E-state index contributed by atoms with van der Waals surface area (Å²) in [6.45, 7) is 6.87. The summed E-state index contributed by atoms with van der Waals surface area (Å²) in [7, 11) is 0. The third-order valence-electron chi connectivity index (χ3n) is 2.12. The van der Waals surface area contributed by atoms with E-state index in [1.54, 1.807) is 5.38 Å². The molecule has 2 aromatic rings. The van der Waals surface area contributed by atoms with E-state index in [0.29, 0.717) is 16.4 Å². The third-order valence-corrected chi connectivity index (χ3v) is 2.95. The number of hydrogen-bond donors (Lipinski definition) is 0. The van der Waals surface area contributed by atoms with E-state index in [1.807, 2.05) is 0 Å². The van der Waals surface area contributed by atoms with Gasteiger partial charge in [0.15, 0.2) is 5.01 Å². The first-order valence-electron chi connectivity index (χ1n) is 4.82. The minimum absolute atomic E-state index is 0.172. The van der Waals surface area contributed by atoms with E-state index in [2.05, 4.69) is 14.8 Å². The molecule has 0 aromatic carbocycles. The lowest BCUT2D eigenvalue weighted by molar-refractivity contribution is -0.137.